The monoisotopic (exact) mass is 216 g/mol. The summed E-state index contributed by atoms with van der Waals surface area (Å²) < 4.78 is 0. The molecule has 1 atom stereocenters. The van der Waals surface area contributed by atoms with Crippen LogP contribution in [0.3, 0.4) is 0 Å². The molecule has 0 aromatic heterocycles. The van der Waals surface area contributed by atoms with Gasteiger partial charge in [-0.05, 0) is 38.6 Å². The largest absolute Gasteiger partial charge is 0.329 e. The van der Waals surface area contributed by atoms with Crippen molar-refractivity contribution in [2.75, 3.05) is 31.6 Å². The lowest BCUT2D eigenvalue weighted by Gasteiger charge is -2.43. The van der Waals surface area contributed by atoms with Crippen molar-refractivity contribution in [2.24, 2.45) is 5.73 Å². The molecule has 2 N–H and O–H groups in total. The van der Waals surface area contributed by atoms with Crippen LogP contribution in [-0.4, -0.2) is 42.1 Å². The molecular weight excluding hydrogens is 192 g/mol. The van der Waals surface area contributed by atoms with E-state index in [4.69, 9.17) is 5.73 Å². The molecule has 3 heteroatoms. The van der Waals surface area contributed by atoms with Crippen molar-refractivity contribution in [1.29, 1.82) is 0 Å². The Kier molecular flexibility index (Phi) is 5.28. The molecule has 2 nitrogen and oxygen atoms in total. The van der Waals surface area contributed by atoms with E-state index in [0.717, 1.165) is 6.54 Å². The molecule has 1 aliphatic rings. The quantitative estimate of drug-likeness (QED) is 0.761. The molecule has 0 aromatic rings. The molecule has 0 saturated carbocycles. The first kappa shape index (κ1) is 12.3. The van der Waals surface area contributed by atoms with Crippen molar-refractivity contribution in [3.8, 4) is 0 Å². The van der Waals surface area contributed by atoms with Crippen LogP contribution >= 0.6 is 11.8 Å². The standard InChI is InChI=1S/C11H24N2S/c1-3-4-7-13(2)11(9-12)6-5-8-14-10-11/h3-10,12H2,1-2H3. The Morgan fingerprint density at radius 3 is 2.79 bits per heavy atom. The van der Waals surface area contributed by atoms with Gasteiger partial charge in [0.2, 0.25) is 0 Å². The normalized spacial score (nSPS) is 28.3. The maximum Gasteiger partial charge on any atom is 0.0419 e. The summed E-state index contributed by atoms with van der Waals surface area (Å²) >= 11 is 2.07. The zero-order valence-corrected chi connectivity index (χ0v) is 10.4. The van der Waals surface area contributed by atoms with Gasteiger partial charge in [0, 0.05) is 17.8 Å². The van der Waals surface area contributed by atoms with Crippen molar-refractivity contribution in [1.82, 2.24) is 4.90 Å². The van der Waals surface area contributed by atoms with E-state index in [-0.39, 0.29) is 0 Å². The van der Waals surface area contributed by atoms with Gasteiger partial charge >= 0.3 is 0 Å². The molecule has 1 unspecified atom stereocenters. The Morgan fingerprint density at radius 2 is 2.29 bits per heavy atom. The molecular formula is C11H24N2S. The van der Waals surface area contributed by atoms with Crippen LogP contribution in [0.25, 0.3) is 0 Å². The third kappa shape index (κ3) is 2.88. The first-order valence-electron chi connectivity index (χ1n) is 5.74. The third-order valence-electron chi connectivity index (χ3n) is 3.34. The lowest BCUT2D eigenvalue weighted by Crippen LogP contribution is -2.55. The first-order valence-corrected chi connectivity index (χ1v) is 6.90. The van der Waals surface area contributed by atoms with Gasteiger partial charge in [0.05, 0.1) is 0 Å². The van der Waals surface area contributed by atoms with E-state index in [1.54, 1.807) is 0 Å². The summed E-state index contributed by atoms with van der Waals surface area (Å²) in [7, 11) is 2.24. The molecule has 0 radical (unpaired) electrons. The van der Waals surface area contributed by atoms with Crippen LogP contribution in [-0.2, 0) is 0 Å². The maximum absolute atomic E-state index is 5.96. The van der Waals surface area contributed by atoms with E-state index < -0.39 is 0 Å². The summed E-state index contributed by atoms with van der Waals surface area (Å²) in [5.74, 6) is 2.55. The Morgan fingerprint density at radius 1 is 1.50 bits per heavy atom. The minimum Gasteiger partial charge on any atom is -0.329 e. The fraction of sp³-hybridized carbons (Fsp3) is 1.00. The van der Waals surface area contributed by atoms with E-state index in [2.05, 4.69) is 30.6 Å². The van der Waals surface area contributed by atoms with Gasteiger partial charge in [0.1, 0.15) is 0 Å². The van der Waals surface area contributed by atoms with Crippen LogP contribution in [0.15, 0.2) is 0 Å². The van der Waals surface area contributed by atoms with Gasteiger partial charge < -0.3 is 5.73 Å². The molecule has 0 bridgehead atoms. The lowest BCUT2D eigenvalue weighted by atomic mass is 9.93. The number of rotatable bonds is 5. The highest BCUT2D eigenvalue weighted by Crippen LogP contribution is 2.30. The fourth-order valence-electron chi connectivity index (χ4n) is 2.09. The number of unbranched alkanes of at least 4 members (excludes halogenated alkanes) is 1. The first-order chi connectivity index (χ1) is 6.75. The van der Waals surface area contributed by atoms with E-state index in [1.807, 2.05) is 0 Å². The van der Waals surface area contributed by atoms with Crippen LogP contribution in [0.1, 0.15) is 32.6 Å². The molecule has 84 valence electrons. The second-order valence-corrected chi connectivity index (χ2v) is 5.46. The topological polar surface area (TPSA) is 29.3 Å². The van der Waals surface area contributed by atoms with Crippen LogP contribution in [0.2, 0.25) is 0 Å². The second-order valence-electron chi connectivity index (χ2n) is 4.36. The van der Waals surface area contributed by atoms with Crippen LogP contribution < -0.4 is 5.73 Å². The summed E-state index contributed by atoms with van der Waals surface area (Å²) in [6.07, 6.45) is 5.19. The van der Waals surface area contributed by atoms with Gasteiger partial charge in [-0.15, -0.1) is 0 Å². The van der Waals surface area contributed by atoms with E-state index in [0.29, 0.717) is 5.54 Å². The maximum atomic E-state index is 5.96. The zero-order valence-electron chi connectivity index (χ0n) is 9.59. The van der Waals surface area contributed by atoms with E-state index in [1.165, 1.54) is 43.7 Å². The fourth-order valence-corrected chi connectivity index (χ4v) is 3.44. The molecule has 14 heavy (non-hydrogen) atoms. The molecule has 1 heterocycles. The number of likely N-dealkylation sites (N-methyl/N-ethyl adjacent to an activating group) is 1. The van der Waals surface area contributed by atoms with Crippen LogP contribution in [0.5, 0.6) is 0 Å². The summed E-state index contributed by atoms with van der Waals surface area (Å²) in [4.78, 5) is 2.50. The molecule has 1 aliphatic heterocycles. The van der Waals surface area contributed by atoms with Crippen molar-refractivity contribution in [2.45, 2.75) is 38.1 Å². The smallest absolute Gasteiger partial charge is 0.0419 e. The van der Waals surface area contributed by atoms with E-state index in [9.17, 15) is 0 Å². The minimum atomic E-state index is 0.304. The van der Waals surface area contributed by atoms with Crippen molar-refractivity contribution >= 4 is 11.8 Å². The molecule has 1 fully saturated rings. The van der Waals surface area contributed by atoms with Gasteiger partial charge in [-0.25, -0.2) is 0 Å². The van der Waals surface area contributed by atoms with Gasteiger partial charge in [-0.1, -0.05) is 13.3 Å². The average molecular weight is 216 g/mol. The van der Waals surface area contributed by atoms with Crippen molar-refractivity contribution in [3.63, 3.8) is 0 Å². The zero-order chi connectivity index (χ0) is 10.4. The molecule has 0 spiro atoms. The Hall–Kier alpha value is 0.270. The molecule has 1 rings (SSSR count). The van der Waals surface area contributed by atoms with E-state index >= 15 is 0 Å². The highest BCUT2D eigenvalue weighted by molar-refractivity contribution is 7.99. The summed E-state index contributed by atoms with van der Waals surface area (Å²) in [6, 6.07) is 0. The summed E-state index contributed by atoms with van der Waals surface area (Å²) in [6.45, 7) is 4.27. The van der Waals surface area contributed by atoms with Gasteiger partial charge in [0.15, 0.2) is 0 Å². The molecule has 1 saturated heterocycles. The highest BCUT2D eigenvalue weighted by Gasteiger charge is 2.34. The second kappa shape index (κ2) is 5.99. The predicted molar refractivity (Wildman–Crippen MR) is 65.9 cm³/mol. The molecule has 0 amide bonds. The Balaban J connectivity index is 2.48. The van der Waals surface area contributed by atoms with Crippen molar-refractivity contribution < 1.29 is 0 Å². The number of hydrogen-bond acceptors (Lipinski definition) is 3. The minimum absolute atomic E-state index is 0.304. The van der Waals surface area contributed by atoms with Crippen molar-refractivity contribution in [3.05, 3.63) is 0 Å². The summed E-state index contributed by atoms with van der Waals surface area (Å²) in [5.41, 5.74) is 6.26. The SMILES string of the molecule is CCCCN(C)C1(CN)CCCSC1. The van der Waals surface area contributed by atoms with Gasteiger partial charge in [0.25, 0.3) is 0 Å². The average Bonchev–Trinajstić information content (AvgIpc) is 2.26. The molecule has 0 aromatic carbocycles. The summed E-state index contributed by atoms with van der Waals surface area (Å²) in [5, 5.41) is 0. The van der Waals surface area contributed by atoms with Gasteiger partial charge in [-0.3, -0.25) is 4.90 Å². The third-order valence-corrected chi connectivity index (χ3v) is 4.66. The highest BCUT2D eigenvalue weighted by atomic mass is 32.2. The Labute approximate surface area is 92.6 Å². The number of nitrogens with zero attached hydrogens (tertiary/aromatic N) is 1. The number of nitrogens with two attached hydrogens (primary N) is 1. The number of thioether (sulfide) groups is 1. The predicted octanol–water partition coefficient (Wildman–Crippen LogP) is 1.94. The molecule has 0 aliphatic carbocycles. The lowest BCUT2D eigenvalue weighted by molar-refractivity contribution is 0.133. The Bertz CT molecular complexity index is 155. The van der Waals surface area contributed by atoms with Crippen LogP contribution in [0, 0.1) is 0 Å². The number of hydrogen-bond donors (Lipinski definition) is 1. The van der Waals surface area contributed by atoms with Gasteiger partial charge in [-0.2, -0.15) is 11.8 Å². The van der Waals surface area contributed by atoms with Crippen LogP contribution in [0.4, 0.5) is 0 Å².